The SMILES string of the molecule is COc1cc(N=C2C=NN(Cc3ccc[n+](C)c3)C2=N)c(NCCO)cc1N.[Cl-]. The van der Waals surface area contributed by atoms with Gasteiger partial charge in [0.25, 0.3) is 0 Å². The van der Waals surface area contributed by atoms with Crippen LogP contribution >= 0.6 is 0 Å². The first-order valence-electron chi connectivity index (χ1n) is 8.77. The van der Waals surface area contributed by atoms with Gasteiger partial charge in [0.2, 0.25) is 0 Å². The number of pyridine rings is 1. The lowest BCUT2D eigenvalue weighted by molar-refractivity contribution is -0.672. The highest BCUT2D eigenvalue weighted by Gasteiger charge is 2.22. The molecule has 0 amide bonds. The molecule has 9 nitrogen and oxygen atoms in total. The molecule has 1 aliphatic heterocycles. The Hall–Kier alpha value is -3.17. The Labute approximate surface area is 175 Å². The van der Waals surface area contributed by atoms with Crippen LogP contribution in [0, 0.1) is 5.41 Å². The Kier molecular flexibility index (Phi) is 7.52. The number of hydrogen-bond donors (Lipinski definition) is 4. The highest BCUT2D eigenvalue weighted by atomic mass is 35.5. The monoisotopic (exact) mass is 417 g/mol. The number of nitrogens with two attached hydrogens (primary N) is 1. The number of nitrogen functional groups attached to an aromatic ring is 1. The number of anilines is 2. The molecule has 1 aromatic heterocycles. The molecule has 1 aliphatic rings. The van der Waals surface area contributed by atoms with E-state index in [0.717, 1.165) is 5.56 Å². The molecule has 0 radical (unpaired) electrons. The number of amidine groups is 1. The molecule has 0 saturated heterocycles. The Morgan fingerprint density at radius 2 is 2.21 bits per heavy atom. The van der Waals surface area contributed by atoms with Gasteiger partial charge in [-0.25, -0.2) is 14.6 Å². The van der Waals surface area contributed by atoms with Gasteiger partial charge in [-0.3, -0.25) is 5.41 Å². The number of aliphatic hydroxyl groups is 1. The van der Waals surface area contributed by atoms with E-state index in [0.29, 0.717) is 41.6 Å². The number of methoxy groups -OCH3 is 1. The molecule has 154 valence electrons. The van der Waals surface area contributed by atoms with E-state index in [-0.39, 0.29) is 24.8 Å². The van der Waals surface area contributed by atoms with Crippen LogP contribution in [0.3, 0.4) is 0 Å². The molecular weight excluding hydrogens is 394 g/mol. The fourth-order valence-electron chi connectivity index (χ4n) is 2.81. The van der Waals surface area contributed by atoms with Crippen molar-refractivity contribution in [3.63, 3.8) is 0 Å². The minimum atomic E-state index is -0.0263. The lowest BCUT2D eigenvalue weighted by Crippen LogP contribution is -3.00. The Morgan fingerprint density at radius 3 is 2.90 bits per heavy atom. The lowest BCUT2D eigenvalue weighted by Gasteiger charge is -2.14. The maximum atomic E-state index is 9.09. The van der Waals surface area contributed by atoms with Crippen LogP contribution in [0.1, 0.15) is 5.56 Å². The first-order valence-corrected chi connectivity index (χ1v) is 8.77. The van der Waals surface area contributed by atoms with Crippen LogP contribution in [0.4, 0.5) is 17.1 Å². The fraction of sp³-hybridized carbons (Fsp3) is 0.263. The zero-order valence-corrected chi connectivity index (χ0v) is 17.0. The van der Waals surface area contributed by atoms with Gasteiger partial charge in [0.15, 0.2) is 18.2 Å². The number of aryl methyl sites for hydroxylation is 1. The van der Waals surface area contributed by atoms with Crippen molar-refractivity contribution in [3.8, 4) is 5.75 Å². The Bertz CT molecular complexity index is 946. The molecule has 0 spiro atoms. The topological polar surface area (TPSA) is 123 Å². The number of hydrogen-bond acceptors (Lipinski definition) is 7. The zero-order chi connectivity index (χ0) is 20.1. The normalized spacial score (nSPS) is 14.2. The molecule has 0 aliphatic carbocycles. The van der Waals surface area contributed by atoms with Crippen LogP contribution < -0.4 is 32.8 Å². The van der Waals surface area contributed by atoms with E-state index < -0.39 is 0 Å². The average molecular weight is 418 g/mol. The maximum absolute atomic E-state index is 9.09. The summed E-state index contributed by atoms with van der Waals surface area (Å²) in [4.78, 5) is 4.57. The number of nitrogens with zero attached hydrogens (tertiary/aromatic N) is 4. The summed E-state index contributed by atoms with van der Waals surface area (Å²) in [5.74, 6) is 0.694. The van der Waals surface area contributed by atoms with Crippen LogP contribution in [0.5, 0.6) is 5.75 Å². The molecular formula is C19H24ClN7O2. The number of aromatic nitrogens is 1. The van der Waals surface area contributed by atoms with Gasteiger partial charge in [-0.1, -0.05) is 0 Å². The van der Waals surface area contributed by atoms with Crippen LogP contribution in [-0.2, 0) is 13.6 Å². The largest absolute Gasteiger partial charge is 1.00 e. The van der Waals surface area contributed by atoms with E-state index >= 15 is 0 Å². The standard InChI is InChI=1S/C19H24N7O2.ClH/c1-25-6-3-4-13(11-25)12-26-19(21)17(10-23-26)24-16-9-18(28-2)14(20)8-15(16)22-5-7-27;/h3-4,6,8-11,21-22,27H,5,7,12,20H2,1-2H3;1H/q+1;/p-1. The van der Waals surface area contributed by atoms with Crippen LogP contribution in [0.15, 0.2) is 46.8 Å². The van der Waals surface area contributed by atoms with E-state index in [1.54, 1.807) is 23.4 Å². The molecule has 2 heterocycles. The number of nitrogens with one attached hydrogen (secondary N) is 2. The predicted octanol–water partition coefficient (Wildman–Crippen LogP) is -1.94. The molecule has 2 aromatic rings. The summed E-state index contributed by atoms with van der Waals surface area (Å²) < 4.78 is 7.23. The third kappa shape index (κ3) is 5.21. The van der Waals surface area contributed by atoms with Crippen molar-refractivity contribution in [3.05, 3.63) is 42.2 Å². The third-order valence-electron chi connectivity index (χ3n) is 4.17. The van der Waals surface area contributed by atoms with Gasteiger partial charge in [0.1, 0.15) is 18.5 Å². The Morgan fingerprint density at radius 1 is 1.41 bits per heavy atom. The number of halogens is 1. The van der Waals surface area contributed by atoms with E-state index in [1.807, 2.05) is 36.1 Å². The number of benzene rings is 1. The summed E-state index contributed by atoms with van der Waals surface area (Å²) in [5.41, 5.74) is 9.10. The highest BCUT2D eigenvalue weighted by molar-refractivity contribution is 6.63. The number of aliphatic imine (C=N–C) groups is 1. The zero-order valence-electron chi connectivity index (χ0n) is 16.3. The van der Waals surface area contributed by atoms with E-state index in [2.05, 4.69) is 15.4 Å². The highest BCUT2D eigenvalue weighted by Crippen LogP contribution is 2.35. The summed E-state index contributed by atoms with van der Waals surface area (Å²) in [6, 6.07) is 7.33. The van der Waals surface area contributed by atoms with E-state index in [9.17, 15) is 0 Å². The second-order valence-corrected chi connectivity index (χ2v) is 6.29. The van der Waals surface area contributed by atoms with Crippen molar-refractivity contribution in [1.82, 2.24) is 5.01 Å². The van der Waals surface area contributed by atoms with Gasteiger partial charge in [0.05, 0.1) is 43.5 Å². The molecule has 5 N–H and O–H groups in total. The molecule has 0 atom stereocenters. The van der Waals surface area contributed by atoms with Gasteiger partial charge in [0, 0.05) is 24.2 Å². The molecule has 0 unspecified atom stereocenters. The smallest absolute Gasteiger partial charge is 0.173 e. The lowest BCUT2D eigenvalue weighted by atomic mass is 10.2. The Balaban J connectivity index is 0.00000300. The van der Waals surface area contributed by atoms with Gasteiger partial charge < -0.3 is 33.3 Å². The average Bonchev–Trinajstić information content (AvgIpc) is 3.01. The van der Waals surface area contributed by atoms with Crippen molar-refractivity contribution in [2.45, 2.75) is 6.54 Å². The minimum absolute atomic E-state index is 0. The summed E-state index contributed by atoms with van der Waals surface area (Å²) in [6.07, 6.45) is 5.49. The third-order valence-corrected chi connectivity index (χ3v) is 4.17. The van der Waals surface area contributed by atoms with Gasteiger partial charge in [-0.05, 0) is 12.1 Å². The fourth-order valence-corrected chi connectivity index (χ4v) is 2.81. The van der Waals surface area contributed by atoms with Crippen molar-refractivity contribution < 1.29 is 26.8 Å². The molecule has 10 heteroatoms. The molecule has 0 bridgehead atoms. The summed E-state index contributed by atoms with van der Waals surface area (Å²) in [7, 11) is 3.48. The predicted molar refractivity (Wildman–Crippen MR) is 109 cm³/mol. The van der Waals surface area contributed by atoms with Crippen molar-refractivity contribution in [2.24, 2.45) is 17.1 Å². The number of aliphatic hydroxyl groups excluding tert-OH is 1. The maximum Gasteiger partial charge on any atom is 0.173 e. The molecule has 0 saturated carbocycles. The molecule has 0 fully saturated rings. The molecule has 29 heavy (non-hydrogen) atoms. The summed E-state index contributed by atoms with van der Waals surface area (Å²) in [5, 5.41) is 26.5. The van der Waals surface area contributed by atoms with Crippen LogP contribution in [0.2, 0.25) is 0 Å². The van der Waals surface area contributed by atoms with Crippen molar-refractivity contribution >= 4 is 34.8 Å². The van der Waals surface area contributed by atoms with Crippen LogP contribution in [-0.4, -0.2) is 48.1 Å². The summed E-state index contributed by atoms with van der Waals surface area (Å²) in [6.45, 7) is 0.803. The quantitative estimate of drug-likeness (QED) is 0.308. The van der Waals surface area contributed by atoms with Crippen molar-refractivity contribution in [2.75, 3.05) is 31.3 Å². The van der Waals surface area contributed by atoms with Crippen molar-refractivity contribution in [1.29, 1.82) is 5.41 Å². The second-order valence-electron chi connectivity index (χ2n) is 6.29. The summed E-state index contributed by atoms with van der Waals surface area (Å²) >= 11 is 0. The van der Waals surface area contributed by atoms with E-state index in [4.69, 9.17) is 21.0 Å². The van der Waals surface area contributed by atoms with Crippen LogP contribution in [0.25, 0.3) is 0 Å². The minimum Gasteiger partial charge on any atom is -1.00 e. The number of hydrazone groups is 1. The first-order chi connectivity index (χ1) is 13.5. The first kappa shape index (κ1) is 22.1. The van der Waals surface area contributed by atoms with Gasteiger partial charge >= 0.3 is 0 Å². The molecule has 3 rings (SSSR count). The van der Waals surface area contributed by atoms with Gasteiger partial charge in [-0.2, -0.15) is 5.10 Å². The van der Waals surface area contributed by atoms with Gasteiger partial charge in [-0.15, -0.1) is 0 Å². The number of ether oxygens (including phenoxy) is 1. The second kappa shape index (κ2) is 9.85. The molecule has 1 aromatic carbocycles. The number of rotatable bonds is 7. The van der Waals surface area contributed by atoms with E-state index in [1.165, 1.54) is 7.11 Å².